The number of ether oxygens (including phenoxy) is 1. The summed E-state index contributed by atoms with van der Waals surface area (Å²) in [4.78, 5) is 12.3. The molecule has 0 bridgehead atoms. The molecular weight excluding hydrogens is 364 g/mol. The van der Waals surface area contributed by atoms with Crippen molar-refractivity contribution in [3.8, 4) is 11.8 Å². The number of nitriles is 1. The molecule has 0 spiro atoms. The number of aromatic nitrogens is 2. The molecule has 0 radical (unpaired) electrons. The van der Waals surface area contributed by atoms with Crippen molar-refractivity contribution in [3.63, 3.8) is 0 Å². The number of carbonyl (C=O) groups is 1. The van der Waals surface area contributed by atoms with E-state index in [1.165, 1.54) is 5.56 Å². The highest BCUT2D eigenvalue weighted by Gasteiger charge is 2.14. The fraction of sp³-hybridized carbons (Fsp3) is 0.261. The van der Waals surface area contributed by atoms with E-state index in [2.05, 4.69) is 55.5 Å². The number of anilines is 1. The second-order valence-corrected chi connectivity index (χ2v) is 7.77. The topological polar surface area (TPSA) is 79.9 Å². The highest BCUT2D eigenvalue weighted by molar-refractivity contribution is 5.91. The minimum atomic E-state index is -0.317. The van der Waals surface area contributed by atoms with E-state index in [1.807, 2.05) is 6.07 Å². The molecule has 6 nitrogen and oxygen atoms in total. The number of amides is 1. The quantitative estimate of drug-likeness (QED) is 0.689. The normalized spacial score (nSPS) is 11.0. The van der Waals surface area contributed by atoms with Gasteiger partial charge in [-0.3, -0.25) is 4.79 Å². The molecule has 29 heavy (non-hydrogen) atoms. The number of nitrogens with one attached hydrogen (secondary N) is 1. The van der Waals surface area contributed by atoms with Gasteiger partial charge >= 0.3 is 0 Å². The van der Waals surface area contributed by atoms with E-state index in [0.29, 0.717) is 23.7 Å². The third-order valence-corrected chi connectivity index (χ3v) is 4.50. The number of hydrogen-bond donors (Lipinski definition) is 1. The summed E-state index contributed by atoms with van der Waals surface area (Å²) in [6.07, 6.45) is 1.64. The minimum Gasteiger partial charge on any atom is -0.482 e. The van der Waals surface area contributed by atoms with E-state index in [1.54, 1.807) is 41.2 Å². The molecule has 1 N–H and O–H groups in total. The molecule has 0 fully saturated rings. The van der Waals surface area contributed by atoms with Crippen molar-refractivity contribution in [3.05, 3.63) is 77.5 Å². The fourth-order valence-corrected chi connectivity index (χ4v) is 2.86. The van der Waals surface area contributed by atoms with E-state index in [-0.39, 0.29) is 17.9 Å². The first kappa shape index (κ1) is 20.2. The Hall–Kier alpha value is -3.59. The largest absolute Gasteiger partial charge is 0.482 e. The van der Waals surface area contributed by atoms with E-state index in [9.17, 15) is 4.79 Å². The predicted octanol–water partition coefficient (Wildman–Crippen LogP) is 4.12. The summed E-state index contributed by atoms with van der Waals surface area (Å²) in [5, 5.41) is 16.2. The van der Waals surface area contributed by atoms with Crippen LogP contribution in [0.1, 0.15) is 37.5 Å². The lowest BCUT2D eigenvalue weighted by molar-refractivity contribution is -0.118. The summed E-state index contributed by atoms with van der Waals surface area (Å²) in [6, 6.07) is 19.0. The van der Waals surface area contributed by atoms with E-state index < -0.39 is 0 Å². The van der Waals surface area contributed by atoms with Crippen LogP contribution in [0.4, 0.5) is 5.82 Å². The second kappa shape index (κ2) is 8.61. The maximum absolute atomic E-state index is 12.3. The smallest absolute Gasteiger partial charge is 0.263 e. The van der Waals surface area contributed by atoms with Crippen LogP contribution in [0, 0.1) is 11.3 Å². The van der Waals surface area contributed by atoms with Crippen LogP contribution in [0.5, 0.6) is 5.75 Å². The van der Waals surface area contributed by atoms with Gasteiger partial charge < -0.3 is 10.1 Å². The summed E-state index contributed by atoms with van der Waals surface area (Å²) in [5.74, 6) is 0.659. The van der Waals surface area contributed by atoms with Gasteiger partial charge in [0.2, 0.25) is 0 Å². The van der Waals surface area contributed by atoms with E-state index in [0.717, 1.165) is 5.56 Å². The van der Waals surface area contributed by atoms with Gasteiger partial charge in [0.25, 0.3) is 5.91 Å². The standard InChI is InChI=1S/C23H24N4O2/c1-23(2,3)19-10-8-17(9-11-19)15-27-21(12-13-25-27)26-22(28)16-29-20-7-5-4-6-18(20)14-24/h4-13H,15-16H2,1-3H3,(H,26,28). The van der Waals surface area contributed by atoms with Crippen LogP contribution in [-0.2, 0) is 16.8 Å². The summed E-state index contributed by atoms with van der Waals surface area (Å²) >= 11 is 0. The first-order chi connectivity index (χ1) is 13.9. The van der Waals surface area contributed by atoms with Gasteiger partial charge in [0, 0.05) is 6.07 Å². The molecule has 6 heteroatoms. The van der Waals surface area contributed by atoms with Crippen LogP contribution < -0.4 is 10.1 Å². The monoisotopic (exact) mass is 388 g/mol. The molecule has 1 aromatic heterocycles. The first-order valence-corrected chi connectivity index (χ1v) is 9.40. The SMILES string of the molecule is CC(C)(C)c1ccc(Cn2nccc2NC(=O)COc2ccccc2C#N)cc1. The number of carbonyl (C=O) groups excluding carboxylic acids is 1. The number of benzene rings is 2. The second-order valence-electron chi connectivity index (χ2n) is 7.77. The summed E-state index contributed by atoms with van der Waals surface area (Å²) in [7, 11) is 0. The zero-order valence-corrected chi connectivity index (χ0v) is 16.8. The van der Waals surface area contributed by atoms with Crippen molar-refractivity contribution in [2.75, 3.05) is 11.9 Å². The van der Waals surface area contributed by atoms with Gasteiger partial charge in [-0.1, -0.05) is 57.2 Å². The average molecular weight is 388 g/mol. The van der Waals surface area contributed by atoms with Gasteiger partial charge in [0.15, 0.2) is 6.61 Å². The molecule has 2 aromatic carbocycles. The Kier molecular flexibility index (Phi) is 5.99. The predicted molar refractivity (Wildman–Crippen MR) is 112 cm³/mol. The number of rotatable bonds is 6. The first-order valence-electron chi connectivity index (χ1n) is 9.40. The van der Waals surface area contributed by atoms with Crippen molar-refractivity contribution in [1.82, 2.24) is 9.78 Å². The third kappa shape index (κ3) is 5.23. The summed E-state index contributed by atoms with van der Waals surface area (Å²) in [5.41, 5.74) is 2.86. The van der Waals surface area contributed by atoms with Crippen LogP contribution >= 0.6 is 0 Å². The Balaban J connectivity index is 1.61. The Bertz CT molecular complexity index is 1020. The molecule has 148 valence electrons. The Morgan fingerprint density at radius 3 is 2.55 bits per heavy atom. The number of nitrogens with zero attached hydrogens (tertiary/aromatic N) is 3. The van der Waals surface area contributed by atoms with Gasteiger partial charge in [0.1, 0.15) is 17.6 Å². The highest BCUT2D eigenvalue weighted by Crippen LogP contribution is 2.22. The lowest BCUT2D eigenvalue weighted by Crippen LogP contribution is -2.22. The van der Waals surface area contributed by atoms with Crippen molar-refractivity contribution >= 4 is 11.7 Å². The van der Waals surface area contributed by atoms with E-state index >= 15 is 0 Å². The van der Waals surface area contributed by atoms with Crippen LogP contribution in [0.15, 0.2) is 60.8 Å². The van der Waals surface area contributed by atoms with Crippen molar-refractivity contribution in [1.29, 1.82) is 5.26 Å². The van der Waals surface area contributed by atoms with Crippen LogP contribution in [-0.4, -0.2) is 22.3 Å². The maximum atomic E-state index is 12.3. The maximum Gasteiger partial charge on any atom is 0.263 e. The Morgan fingerprint density at radius 1 is 1.14 bits per heavy atom. The molecule has 0 aliphatic rings. The number of hydrogen-bond acceptors (Lipinski definition) is 4. The van der Waals surface area contributed by atoms with Crippen LogP contribution in [0.25, 0.3) is 0 Å². The molecule has 0 saturated carbocycles. The molecule has 0 aliphatic heterocycles. The Labute approximate surface area is 170 Å². The zero-order valence-electron chi connectivity index (χ0n) is 16.8. The molecule has 3 rings (SSSR count). The highest BCUT2D eigenvalue weighted by atomic mass is 16.5. The van der Waals surface area contributed by atoms with Gasteiger partial charge in [-0.2, -0.15) is 10.4 Å². The Morgan fingerprint density at radius 2 is 1.86 bits per heavy atom. The van der Waals surface area contributed by atoms with Crippen molar-refractivity contribution in [2.45, 2.75) is 32.7 Å². The van der Waals surface area contributed by atoms with Gasteiger partial charge in [-0.15, -0.1) is 0 Å². The van der Waals surface area contributed by atoms with Crippen LogP contribution in [0.2, 0.25) is 0 Å². The fourth-order valence-electron chi connectivity index (χ4n) is 2.86. The van der Waals surface area contributed by atoms with Crippen molar-refractivity contribution < 1.29 is 9.53 Å². The van der Waals surface area contributed by atoms with Gasteiger partial charge in [-0.25, -0.2) is 4.68 Å². The minimum absolute atomic E-state index is 0.105. The number of para-hydroxylation sites is 1. The van der Waals surface area contributed by atoms with Crippen LogP contribution in [0.3, 0.4) is 0 Å². The van der Waals surface area contributed by atoms with Crippen molar-refractivity contribution in [2.24, 2.45) is 0 Å². The summed E-state index contributed by atoms with van der Waals surface area (Å²) in [6.45, 7) is 6.90. The lowest BCUT2D eigenvalue weighted by atomic mass is 9.87. The zero-order chi connectivity index (χ0) is 20.9. The van der Waals surface area contributed by atoms with Gasteiger partial charge in [0.05, 0.1) is 18.3 Å². The van der Waals surface area contributed by atoms with E-state index in [4.69, 9.17) is 10.00 Å². The molecule has 0 unspecified atom stereocenters. The average Bonchev–Trinajstić information content (AvgIpc) is 3.12. The summed E-state index contributed by atoms with van der Waals surface area (Å²) < 4.78 is 7.21. The van der Waals surface area contributed by atoms with Gasteiger partial charge in [-0.05, 0) is 28.7 Å². The molecular formula is C23H24N4O2. The molecule has 1 heterocycles. The lowest BCUT2D eigenvalue weighted by Gasteiger charge is -2.19. The third-order valence-electron chi connectivity index (χ3n) is 4.50. The molecule has 0 atom stereocenters. The molecule has 3 aromatic rings. The molecule has 0 aliphatic carbocycles. The molecule has 1 amide bonds. The molecule has 0 saturated heterocycles.